The molecule has 16 nitrogen and oxygen atoms in total. The van der Waals surface area contributed by atoms with E-state index >= 15 is 0 Å². The maximum Gasteiger partial charge on any atom is 0.0958 e. The molecular weight excluding hydrogens is 1790 g/mol. The number of methoxy groups -OCH3 is 4. The SMILES string of the molecule is [CH2-]C1CCC(C)C(/C(C)=C/C2=CC(CC3(C)OC3C(C)C(OC)C(C)O)CC2)O1.[CH2-]C1CCC(C)C(/C(C)=C/C=C/C(C)CC23CCC(C(OC)C(C)O)C2O3)O1.[CH2-]C1CCC(C)C(/C(C)=C/C=C/C2CCC3(C2)OC3C(C)C(OC)C(C)O)O1.[CH2-]C1CCC(C)C(C2=C/C(=C/C(C)CC3(C)OC3C(C)C(OC)C(C)O)CC2)O1.[Y].[Y].[Y].[Y]. The van der Waals surface area contributed by atoms with E-state index in [-0.39, 0.29) is 269 Å². The van der Waals surface area contributed by atoms with E-state index in [2.05, 4.69) is 185 Å². The zero-order valence-electron chi connectivity index (χ0n) is 77.2. The topological polar surface area (TPSA) is 205 Å². The summed E-state index contributed by atoms with van der Waals surface area (Å²) in [4.78, 5) is 0. The van der Waals surface area contributed by atoms with Crippen molar-refractivity contribution in [2.75, 3.05) is 28.4 Å². The van der Waals surface area contributed by atoms with Crippen molar-refractivity contribution in [2.45, 2.75) is 398 Å². The maximum atomic E-state index is 9.97. The van der Waals surface area contributed by atoms with Crippen LogP contribution < -0.4 is 0 Å². The van der Waals surface area contributed by atoms with Gasteiger partial charge in [0.1, 0.15) is 0 Å². The van der Waals surface area contributed by atoms with Crippen molar-refractivity contribution in [3.8, 4) is 0 Å². The number of hydrogen-bond acceptors (Lipinski definition) is 16. The molecule has 664 valence electrons. The van der Waals surface area contributed by atoms with Crippen LogP contribution in [0, 0.1) is 98.7 Å². The van der Waals surface area contributed by atoms with Crippen molar-refractivity contribution >= 4 is 0 Å². The largest absolute Gasteiger partial charge is 0.402 e. The standard InChI is InChI=1S/2C25H41O4.2C24H39O4.4Y/c1-15(14-25(6)24(29-25)18(4)23(27-7)19(5)26)12-20-10-11-21(13-20)22-16(2)8-9-17(3)28-22;1-15-8-9-17(3)28-22(15)16(2)12-20-10-11-21(13-20)14-25(6)24(29-25)18(4)23(27-7)19(5)26;1-15(21-16(2)10-11-17(3)27-21)8-7-9-20-12-13-24(14-20)23(28-24)18(4)22(26-6)19(5)25;1-15(8-7-9-16(2)21-17(3)10-11-18(4)27-21)14-24-13-12-20(23(24)28-24)22(26-6)19(5)25;;;;/h12-13,15-19,22-24,26H,3,8-11,14H2,1-2,4-7H3;12-13,15,17-19,21-24,26H,3,8-11,14H2,1-2,4-7H3;7-9,16-23,25H,3,10-14H2,1-2,4-6H3;7-9,15,17-23,25H,4,10-14H2,1-3,5-6H3;;;;/q4*-1;;;;/b20-12+;16-12+;9-7+,15-8+;8-7+,16-9+;;;;. The minimum atomic E-state index is -0.493. The quantitative estimate of drug-likeness (QED) is 0.0289. The average molecular weight is 1950 g/mol. The van der Waals surface area contributed by atoms with Crippen LogP contribution in [0.3, 0.4) is 0 Å². The number of hydrogen-bond donors (Lipinski definition) is 4. The third-order valence-corrected chi connectivity index (χ3v) is 28.5. The first kappa shape index (κ1) is 110. The molecule has 12 rings (SSSR count). The molecule has 0 aromatic carbocycles. The molecule has 36 atom stereocenters. The first-order valence-electron chi connectivity index (χ1n) is 44.8. The molecule has 8 heterocycles. The molecule has 8 saturated heterocycles. The minimum Gasteiger partial charge on any atom is -0.402 e. The fourth-order valence-electron chi connectivity index (χ4n) is 22.3. The molecule has 4 radical (unpaired) electrons. The molecule has 0 amide bonds. The number of epoxide rings is 4. The van der Waals surface area contributed by atoms with E-state index in [1.165, 1.54) is 65.5 Å². The van der Waals surface area contributed by atoms with Gasteiger partial charge in [-0.15, -0.1) is 0 Å². The van der Waals surface area contributed by atoms with Gasteiger partial charge in [-0.25, -0.2) is 0 Å². The molecule has 0 bridgehead atoms. The molecule has 10 fully saturated rings. The smallest absolute Gasteiger partial charge is 0.0958 e. The van der Waals surface area contributed by atoms with E-state index in [4.69, 9.17) is 56.8 Å². The molecule has 4 aliphatic carbocycles. The predicted octanol–water partition coefficient (Wildman–Crippen LogP) is 18.7. The van der Waals surface area contributed by atoms with E-state index in [9.17, 15) is 20.4 Å². The van der Waals surface area contributed by atoms with Gasteiger partial charge >= 0.3 is 0 Å². The van der Waals surface area contributed by atoms with Crippen LogP contribution in [0.4, 0.5) is 0 Å². The van der Waals surface area contributed by atoms with Crippen molar-refractivity contribution in [3.05, 3.63) is 122 Å². The van der Waals surface area contributed by atoms with Gasteiger partial charge < -0.3 is 105 Å². The van der Waals surface area contributed by atoms with Crippen molar-refractivity contribution in [1.82, 2.24) is 0 Å². The number of allylic oxidation sites excluding steroid dienone is 12. The second kappa shape index (κ2) is 49.8. The van der Waals surface area contributed by atoms with Crippen LogP contribution in [-0.4, -0.2) is 193 Å². The van der Waals surface area contributed by atoms with Gasteiger partial charge in [0.15, 0.2) is 0 Å². The van der Waals surface area contributed by atoms with Gasteiger partial charge in [-0.2, -0.15) is 0 Å². The van der Waals surface area contributed by atoms with Crippen molar-refractivity contribution < 1.29 is 208 Å². The summed E-state index contributed by atoms with van der Waals surface area (Å²) in [7, 11) is 6.69. The molecule has 0 aromatic rings. The number of rotatable bonds is 31. The number of aliphatic hydroxyl groups excluding tert-OH is 4. The Labute approximate surface area is 818 Å². The third-order valence-electron chi connectivity index (χ3n) is 28.5. The Morgan fingerprint density at radius 2 is 0.992 bits per heavy atom. The Kier molecular flexibility index (Phi) is 46.5. The fourth-order valence-corrected chi connectivity index (χ4v) is 22.3. The van der Waals surface area contributed by atoms with Gasteiger partial charge in [-0.1, -0.05) is 184 Å². The summed E-state index contributed by atoms with van der Waals surface area (Å²) in [6.45, 7) is 54.5. The summed E-state index contributed by atoms with van der Waals surface area (Å²) in [5, 5.41) is 39.8. The first-order valence-corrected chi connectivity index (χ1v) is 44.8. The summed E-state index contributed by atoms with van der Waals surface area (Å²) in [6.07, 6.45) is 44.5. The van der Waals surface area contributed by atoms with Gasteiger partial charge in [0, 0.05) is 183 Å². The summed E-state index contributed by atoms with van der Waals surface area (Å²) < 4.78 is 71.0. The Hall–Kier alpha value is 1.70. The third kappa shape index (κ3) is 29.9. The molecular formula is C98H160O16Y4-4. The second-order valence-corrected chi connectivity index (χ2v) is 38.9. The maximum absolute atomic E-state index is 9.97. The van der Waals surface area contributed by atoms with E-state index in [1.807, 2.05) is 6.92 Å². The van der Waals surface area contributed by atoms with Gasteiger partial charge in [0.25, 0.3) is 0 Å². The van der Waals surface area contributed by atoms with Crippen LogP contribution >= 0.6 is 0 Å². The van der Waals surface area contributed by atoms with Crippen molar-refractivity contribution in [1.29, 1.82) is 0 Å². The molecule has 1 spiro atoms. The van der Waals surface area contributed by atoms with E-state index in [1.54, 1.807) is 49.2 Å². The van der Waals surface area contributed by atoms with Crippen molar-refractivity contribution in [3.63, 3.8) is 0 Å². The average Bonchev–Trinajstić information content (AvgIpc) is 1.56. The summed E-state index contributed by atoms with van der Waals surface area (Å²) >= 11 is 0. The van der Waals surface area contributed by atoms with Crippen LogP contribution in [0.15, 0.2) is 94.2 Å². The molecule has 4 N–H and O–H groups in total. The first-order chi connectivity index (χ1) is 53.8. The summed E-state index contributed by atoms with van der Waals surface area (Å²) in [6, 6.07) is 0. The molecule has 36 unspecified atom stereocenters. The van der Waals surface area contributed by atoms with Crippen LogP contribution in [0.25, 0.3) is 0 Å². The van der Waals surface area contributed by atoms with E-state index in [0.29, 0.717) is 53.3 Å². The predicted molar refractivity (Wildman–Crippen MR) is 457 cm³/mol. The summed E-state index contributed by atoms with van der Waals surface area (Å²) in [5.41, 5.74) is 7.98. The van der Waals surface area contributed by atoms with E-state index < -0.39 is 24.4 Å². The van der Waals surface area contributed by atoms with Crippen LogP contribution in [-0.2, 0) is 188 Å². The molecule has 118 heavy (non-hydrogen) atoms. The minimum absolute atomic E-state index is 0. The Bertz CT molecular complexity index is 3280. The molecule has 2 saturated carbocycles. The fraction of sp³-hybridized carbons (Fsp3) is 0.796. The normalized spacial score (nSPS) is 39.9. The number of aliphatic hydroxyl groups is 4. The Morgan fingerprint density at radius 3 is 1.49 bits per heavy atom. The van der Waals surface area contributed by atoms with Gasteiger partial charge in [0.2, 0.25) is 0 Å². The number of ether oxygens (including phenoxy) is 12. The monoisotopic (exact) mass is 1950 g/mol. The van der Waals surface area contributed by atoms with Crippen LogP contribution in [0.5, 0.6) is 0 Å². The molecule has 8 aliphatic heterocycles. The second-order valence-electron chi connectivity index (χ2n) is 38.9. The van der Waals surface area contributed by atoms with Gasteiger partial charge in [-0.05, 0) is 235 Å². The van der Waals surface area contributed by atoms with E-state index in [0.717, 1.165) is 96.3 Å². The Morgan fingerprint density at radius 1 is 0.508 bits per heavy atom. The number of fused-ring (bicyclic) bond motifs is 1. The van der Waals surface area contributed by atoms with Crippen LogP contribution in [0.1, 0.15) is 253 Å². The van der Waals surface area contributed by atoms with Crippen LogP contribution in [0.2, 0.25) is 0 Å². The zero-order chi connectivity index (χ0) is 83.6. The molecule has 12 aliphatic rings. The molecule has 20 heteroatoms. The Balaban J connectivity index is 0.000000277. The zero-order valence-corrected chi connectivity index (χ0v) is 88.6. The molecule has 0 aromatic heterocycles. The summed E-state index contributed by atoms with van der Waals surface area (Å²) in [5.74, 6) is 5.12. The van der Waals surface area contributed by atoms with Gasteiger partial charge in [0.05, 0.1) is 120 Å². The van der Waals surface area contributed by atoms with Gasteiger partial charge in [-0.3, -0.25) is 0 Å². The van der Waals surface area contributed by atoms with Crippen molar-refractivity contribution in [2.24, 2.45) is 71.0 Å².